The van der Waals surface area contributed by atoms with Crippen molar-refractivity contribution in [1.82, 2.24) is 0 Å². The van der Waals surface area contributed by atoms with Gasteiger partial charge in [-0.15, -0.1) is 0 Å². The van der Waals surface area contributed by atoms with Crippen molar-refractivity contribution in [3.8, 4) is 0 Å². The fourth-order valence-corrected chi connectivity index (χ4v) is 1.86. The Bertz CT molecular complexity index is 362. The molecule has 0 aliphatic carbocycles. The summed E-state index contributed by atoms with van der Waals surface area (Å²) in [4.78, 5) is 37.3. The topological polar surface area (TPSA) is 82.1 Å². The van der Waals surface area contributed by atoms with Gasteiger partial charge >= 0.3 is 11.9 Å². The highest BCUT2D eigenvalue weighted by Crippen LogP contribution is 2.21. The maximum Gasteiger partial charge on any atom is 0.369 e. The molecular weight excluding hydrogens is 288 g/mol. The number of hydrogen-bond acceptors (Lipinski definition) is 6. The van der Waals surface area contributed by atoms with E-state index in [0.29, 0.717) is 25.9 Å². The van der Waals surface area contributed by atoms with Crippen LogP contribution in [0.1, 0.15) is 72.1 Å². The molecule has 1 N–H and O–H groups in total. The Balaban J connectivity index is 5.08. The molecule has 0 saturated heterocycles. The van der Waals surface area contributed by atoms with E-state index in [9.17, 15) is 9.59 Å². The Hall–Kier alpha value is -1.40. The molecule has 0 aliphatic rings. The summed E-state index contributed by atoms with van der Waals surface area (Å²) in [6.07, 6.45) is 5.61. The second kappa shape index (κ2) is 13.3. The van der Waals surface area contributed by atoms with Crippen LogP contribution in [0.5, 0.6) is 0 Å². The van der Waals surface area contributed by atoms with E-state index in [0.717, 1.165) is 32.1 Å². The molecule has 0 radical (unpaired) electrons. The van der Waals surface area contributed by atoms with Gasteiger partial charge in [-0.25, -0.2) is 9.59 Å². The molecule has 0 atom stereocenters. The summed E-state index contributed by atoms with van der Waals surface area (Å²) in [5, 5.41) is 8.64. The van der Waals surface area contributed by atoms with Crippen LogP contribution in [-0.2, 0) is 24.3 Å². The van der Waals surface area contributed by atoms with Crippen molar-refractivity contribution in [1.29, 1.82) is 0 Å². The quantitative estimate of drug-likeness (QED) is 0.254. The van der Waals surface area contributed by atoms with Crippen molar-refractivity contribution in [2.75, 3.05) is 6.61 Å². The van der Waals surface area contributed by atoms with E-state index in [2.05, 4.69) is 4.89 Å². The van der Waals surface area contributed by atoms with Crippen molar-refractivity contribution in [3.05, 3.63) is 11.1 Å². The first kappa shape index (κ1) is 20.6. The van der Waals surface area contributed by atoms with Gasteiger partial charge in [-0.1, -0.05) is 40.0 Å². The summed E-state index contributed by atoms with van der Waals surface area (Å²) >= 11 is 0. The third-order valence-corrected chi connectivity index (χ3v) is 3.22. The van der Waals surface area contributed by atoms with Gasteiger partial charge in [0, 0.05) is 0 Å². The van der Waals surface area contributed by atoms with Gasteiger partial charge < -0.3 is 0 Å². The third kappa shape index (κ3) is 8.14. The van der Waals surface area contributed by atoms with Crippen LogP contribution in [-0.4, -0.2) is 23.8 Å². The van der Waals surface area contributed by atoms with E-state index < -0.39 is 11.9 Å². The van der Waals surface area contributed by atoms with Crippen molar-refractivity contribution in [3.63, 3.8) is 0 Å². The summed E-state index contributed by atoms with van der Waals surface area (Å²) in [6.45, 7) is 6.27. The average Bonchev–Trinajstić information content (AvgIpc) is 2.53. The number of rotatable bonds is 12. The normalized spacial score (nSPS) is 11.8. The van der Waals surface area contributed by atoms with Crippen LogP contribution in [0.4, 0.5) is 0 Å². The molecule has 0 aromatic heterocycles. The van der Waals surface area contributed by atoms with Gasteiger partial charge in [0.25, 0.3) is 0 Å². The highest BCUT2D eigenvalue weighted by Gasteiger charge is 2.23. The fourth-order valence-electron chi connectivity index (χ4n) is 1.86. The van der Waals surface area contributed by atoms with E-state index >= 15 is 0 Å². The highest BCUT2D eigenvalue weighted by molar-refractivity contribution is 5.99. The van der Waals surface area contributed by atoms with E-state index in [1.807, 2.05) is 20.8 Å². The maximum atomic E-state index is 12.1. The number of carbonyl (C=O) groups excluding carboxylic acids is 2. The molecule has 6 heteroatoms. The van der Waals surface area contributed by atoms with Gasteiger partial charge in [-0.05, 0) is 32.1 Å². The Labute approximate surface area is 132 Å². The molecule has 0 aromatic rings. The van der Waals surface area contributed by atoms with Crippen molar-refractivity contribution in [2.45, 2.75) is 72.1 Å². The molecule has 0 unspecified atom stereocenters. The fraction of sp³-hybridized carbons (Fsp3) is 0.750. The first-order chi connectivity index (χ1) is 10.6. The van der Waals surface area contributed by atoms with Gasteiger partial charge in [0.15, 0.2) is 0 Å². The standard InChI is InChI=1S/C16H28O6/c1-4-7-10-13(15(17)21-19)14(11-8-5-2)16(18)22-20-12-9-6-3/h19H,4-12H2,1-3H3. The first-order valence-electron chi connectivity index (χ1n) is 8.03. The van der Waals surface area contributed by atoms with E-state index in [-0.39, 0.29) is 11.1 Å². The SMILES string of the molecule is CCCCOOC(=O)C(CCCC)=C(CCCC)C(=O)OO. The summed E-state index contributed by atoms with van der Waals surface area (Å²) in [7, 11) is 0. The largest absolute Gasteiger partial charge is 0.369 e. The van der Waals surface area contributed by atoms with Crippen molar-refractivity contribution < 1.29 is 29.5 Å². The lowest BCUT2D eigenvalue weighted by atomic mass is 9.98. The van der Waals surface area contributed by atoms with Crippen LogP contribution in [0, 0.1) is 0 Å². The molecule has 22 heavy (non-hydrogen) atoms. The lowest BCUT2D eigenvalue weighted by Crippen LogP contribution is -2.17. The monoisotopic (exact) mass is 316 g/mol. The number of hydrogen-bond donors (Lipinski definition) is 1. The van der Waals surface area contributed by atoms with Crippen LogP contribution in [0.15, 0.2) is 11.1 Å². The molecule has 128 valence electrons. The molecule has 0 aromatic carbocycles. The predicted octanol–water partition coefficient (Wildman–Crippen LogP) is 3.95. The Morgan fingerprint density at radius 3 is 1.77 bits per heavy atom. The zero-order chi connectivity index (χ0) is 16.8. The molecule has 0 spiro atoms. The third-order valence-electron chi connectivity index (χ3n) is 3.22. The molecule has 0 saturated carbocycles. The molecule has 0 fully saturated rings. The van der Waals surface area contributed by atoms with Crippen LogP contribution >= 0.6 is 0 Å². The van der Waals surface area contributed by atoms with Crippen LogP contribution in [0.25, 0.3) is 0 Å². The zero-order valence-corrected chi connectivity index (χ0v) is 13.9. The van der Waals surface area contributed by atoms with Crippen LogP contribution in [0.3, 0.4) is 0 Å². The second-order valence-corrected chi connectivity index (χ2v) is 5.09. The van der Waals surface area contributed by atoms with Crippen LogP contribution < -0.4 is 0 Å². The van der Waals surface area contributed by atoms with Crippen molar-refractivity contribution in [2.24, 2.45) is 0 Å². The summed E-state index contributed by atoms with van der Waals surface area (Å²) in [5.41, 5.74) is 0.396. The summed E-state index contributed by atoms with van der Waals surface area (Å²) < 4.78 is 0. The number of carbonyl (C=O) groups is 2. The second-order valence-electron chi connectivity index (χ2n) is 5.09. The average molecular weight is 316 g/mol. The minimum absolute atomic E-state index is 0.168. The molecule has 6 nitrogen and oxygen atoms in total. The summed E-state index contributed by atoms with van der Waals surface area (Å²) in [5.74, 6) is -1.58. The Morgan fingerprint density at radius 2 is 1.32 bits per heavy atom. The van der Waals surface area contributed by atoms with E-state index in [1.165, 1.54) is 0 Å². The van der Waals surface area contributed by atoms with Gasteiger partial charge in [-0.2, -0.15) is 10.1 Å². The summed E-state index contributed by atoms with van der Waals surface area (Å²) in [6, 6.07) is 0. The minimum atomic E-state index is -0.898. The van der Waals surface area contributed by atoms with Crippen LogP contribution in [0.2, 0.25) is 0 Å². The Morgan fingerprint density at radius 1 is 0.818 bits per heavy atom. The van der Waals surface area contributed by atoms with Gasteiger partial charge in [0.2, 0.25) is 0 Å². The minimum Gasteiger partial charge on any atom is -0.296 e. The molecule has 0 heterocycles. The first-order valence-corrected chi connectivity index (χ1v) is 8.03. The molecule has 0 bridgehead atoms. The highest BCUT2D eigenvalue weighted by atomic mass is 17.2. The lowest BCUT2D eigenvalue weighted by Gasteiger charge is -2.12. The van der Waals surface area contributed by atoms with Gasteiger partial charge in [0.1, 0.15) is 0 Å². The molecule has 0 amide bonds. The smallest absolute Gasteiger partial charge is 0.296 e. The van der Waals surface area contributed by atoms with Gasteiger partial charge in [0.05, 0.1) is 17.8 Å². The van der Waals surface area contributed by atoms with E-state index in [4.69, 9.17) is 15.0 Å². The molecule has 0 aliphatic heterocycles. The van der Waals surface area contributed by atoms with Crippen molar-refractivity contribution >= 4 is 11.9 Å². The molecule has 0 rings (SSSR count). The van der Waals surface area contributed by atoms with E-state index in [1.54, 1.807) is 0 Å². The molecular formula is C16H28O6. The van der Waals surface area contributed by atoms with Gasteiger partial charge in [-0.3, -0.25) is 9.78 Å². The lowest BCUT2D eigenvalue weighted by molar-refractivity contribution is -0.269. The predicted molar refractivity (Wildman–Crippen MR) is 81.7 cm³/mol. The Kier molecular flexibility index (Phi) is 12.4. The maximum absolute atomic E-state index is 12.1. The zero-order valence-electron chi connectivity index (χ0n) is 13.9. The number of unbranched alkanes of at least 4 members (excludes halogenated alkanes) is 3.